The number of ether oxygens (including phenoxy) is 1. The van der Waals surface area contributed by atoms with E-state index in [4.69, 9.17) is 9.84 Å². The van der Waals surface area contributed by atoms with Crippen LogP contribution in [-0.4, -0.2) is 80.8 Å². The molecular weight excluding hydrogens is 669 g/mol. The molecule has 4 aromatic heterocycles. The van der Waals surface area contributed by atoms with Crippen molar-refractivity contribution >= 4 is 34.6 Å². The van der Waals surface area contributed by atoms with Crippen molar-refractivity contribution in [1.29, 1.82) is 0 Å². The lowest BCUT2D eigenvalue weighted by molar-refractivity contribution is -0.136. The quantitative estimate of drug-likeness (QED) is 0.164. The van der Waals surface area contributed by atoms with Crippen LogP contribution in [0.3, 0.4) is 0 Å². The average molecular weight is 709 g/mol. The van der Waals surface area contributed by atoms with Crippen molar-refractivity contribution in [1.82, 2.24) is 29.8 Å². The Balaban J connectivity index is 0.000000182. The van der Waals surface area contributed by atoms with Gasteiger partial charge < -0.3 is 15.2 Å². The summed E-state index contributed by atoms with van der Waals surface area (Å²) < 4.78 is 8.93. The summed E-state index contributed by atoms with van der Waals surface area (Å²) in [4.78, 5) is 29.6. The summed E-state index contributed by atoms with van der Waals surface area (Å²) in [6, 6.07) is 24.7. The molecule has 0 radical (unpaired) electrons. The van der Waals surface area contributed by atoms with E-state index in [-0.39, 0.29) is 12.3 Å². The molecule has 1 fully saturated rings. The lowest BCUT2D eigenvalue weighted by atomic mass is 10.1. The highest BCUT2D eigenvalue weighted by Crippen LogP contribution is 2.33. The van der Waals surface area contributed by atoms with Gasteiger partial charge in [-0.25, -0.2) is 0 Å². The number of rotatable bonds is 11. The van der Waals surface area contributed by atoms with Gasteiger partial charge in [-0.1, -0.05) is 36.4 Å². The molecule has 2 aromatic carbocycles. The van der Waals surface area contributed by atoms with Crippen LogP contribution in [0, 0.1) is 0 Å². The van der Waals surface area contributed by atoms with Gasteiger partial charge in [-0.2, -0.15) is 10.2 Å². The molecule has 50 heavy (non-hydrogen) atoms. The smallest absolute Gasteiger partial charge is 0.308 e. The number of benzene rings is 2. The van der Waals surface area contributed by atoms with Crippen LogP contribution in [0.4, 0.5) is 0 Å². The van der Waals surface area contributed by atoms with Gasteiger partial charge in [-0.05, 0) is 58.7 Å². The van der Waals surface area contributed by atoms with Crippen LogP contribution in [-0.2, 0) is 41.3 Å². The average Bonchev–Trinajstić information content (AvgIpc) is 3.95. The van der Waals surface area contributed by atoms with Gasteiger partial charge in [0.1, 0.15) is 0 Å². The molecule has 7 rings (SSSR count). The van der Waals surface area contributed by atoms with Crippen molar-refractivity contribution in [2.75, 3.05) is 39.4 Å². The lowest BCUT2D eigenvalue weighted by Gasteiger charge is -2.26. The van der Waals surface area contributed by atoms with E-state index in [1.807, 2.05) is 73.9 Å². The number of aromatic nitrogens is 4. The number of morpholine rings is 1. The van der Waals surface area contributed by atoms with E-state index >= 15 is 0 Å². The Bertz CT molecular complexity index is 2040. The van der Waals surface area contributed by atoms with Gasteiger partial charge in [0.2, 0.25) is 5.91 Å². The zero-order chi connectivity index (χ0) is 34.9. The summed E-state index contributed by atoms with van der Waals surface area (Å²) in [5.41, 5.74) is 6.68. The molecule has 0 bridgehead atoms. The summed E-state index contributed by atoms with van der Waals surface area (Å²) in [6.45, 7) is 5.03. The summed E-state index contributed by atoms with van der Waals surface area (Å²) in [5, 5.41) is 20.3. The maximum absolute atomic E-state index is 12.3. The minimum absolute atomic E-state index is 0.0764. The van der Waals surface area contributed by atoms with E-state index in [9.17, 15) is 9.59 Å². The monoisotopic (exact) mass is 708 g/mol. The minimum atomic E-state index is -0.799. The maximum Gasteiger partial charge on any atom is 0.308 e. The fraction of sp³-hybridized carbons (Fsp3) is 0.263. The molecule has 1 amide bonds. The van der Waals surface area contributed by atoms with Gasteiger partial charge in [0.05, 0.1) is 38.4 Å². The van der Waals surface area contributed by atoms with Crippen LogP contribution in [0.1, 0.15) is 9.75 Å². The van der Waals surface area contributed by atoms with Gasteiger partial charge in [0.15, 0.2) is 0 Å². The van der Waals surface area contributed by atoms with Gasteiger partial charge in [0, 0.05) is 83.3 Å². The van der Waals surface area contributed by atoms with Crippen molar-refractivity contribution in [2.24, 2.45) is 14.1 Å². The third kappa shape index (κ3) is 9.63. The van der Waals surface area contributed by atoms with Crippen LogP contribution < -0.4 is 5.32 Å². The number of aryl methyl sites for hydroxylation is 2. The van der Waals surface area contributed by atoms with Gasteiger partial charge >= 0.3 is 5.97 Å². The molecule has 0 atom stereocenters. The number of thiophene rings is 2. The standard InChI is InChI=1S/C22H26N4O2S.C16H14N2O2S/c1-25-16-19(15-24-25)17-3-2-4-18(13-17)21-6-5-20(29-21)14-22(27)23-7-8-26-9-11-28-12-10-26;1-18-10-13(9-17-18)11-3-2-4-12(7-11)15-6-5-14(21-15)8-16(19)20/h2-6,13,15-16H,7-12,14H2,1H3,(H,23,27);2-7,9-10H,8H2,1H3,(H,19,20). The van der Waals surface area contributed by atoms with Crippen molar-refractivity contribution in [3.05, 3.63) is 107 Å². The fourth-order valence-electron chi connectivity index (χ4n) is 5.65. The Kier molecular flexibility index (Phi) is 11.7. The molecule has 5 heterocycles. The van der Waals surface area contributed by atoms with Gasteiger partial charge in [-0.3, -0.25) is 23.9 Å². The highest BCUT2D eigenvalue weighted by Gasteiger charge is 2.12. The first-order valence-corrected chi connectivity index (χ1v) is 18.1. The largest absolute Gasteiger partial charge is 0.481 e. The van der Waals surface area contributed by atoms with Gasteiger partial charge in [-0.15, -0.1) is 22.7 Å². The molecule has 0 spiro atoms. The van der Waals surface area contributed by atoms with Crippen LogP contribution >= 0.6 is 22.7 Å². The maximum atomic E-state index is 12.3. The van der Waals surface area contributed by atoms with Crippen molar-refractivity contribution < 1.29 is 19.4 Å². The molecular formula is C38H40N6O4S2. The van der Waals surface area contributed by atoms with Crippen molar-refractivity contribution in [2.45, 2.75) is 12.8 Å². The Labute approximate surface area is 299 Å². The van der Waals surface area contributed by atoms with Crippen molar-refractivity contribution in [3.63, 3.8) is 0 Å². The fourth-order valence-corrected chi connectivity index (χ4v) is 7.65. The van der Waals surface area contributed by atoms with Gasteiger partial charge in [0.25, 0.3) is 0 Å². The number of aliphatic carboxylic acids is 1. The second-order valence-electron chi connectivity index (χ2n) is 12.1. The van der Waals surface area contributed by atoms with Crippen LogP contribution in [0.25, 0.3) is 43.1 Å². The molecule has 1 saturated heterocycles. The number of hydrogen-bond acceptors (Lipinski definition) is 8. The summed E-state index contributed by atoms with van der Waals surface area (Å²) >= 11 is 3.20. The number of carbonyl (C=O) groups excluding carboxylic acids is 1. The molecule has 258 valence electrons. The normalized spacial score (nSPS) is 13.1. The number of carbonyl (C=O) groups is 2. The predicted octanol–water partition coefficient (Wildman–Crippen LogP) is 6.25. The van der Waals surface area contributed by atoms with E-state index in [0.29, 0.717) is 13.0 Å². The summed E-state index contributed by atoms with van der Waals surface area (Å²) in [6.07, 6.45) is 8.20. The SMILES string of the molecule is Cn1cc(-c2cccc(-c3ccc(CC(=O)NCCN4CCOCC4)s3)c2)cn1.Cn1cc(-c2cccc(-c3ccc(CC(=O)O)s3)c2)cn1. The predicted molar refractivity (Wildman–Crippen MR) is 199 cm³/mol. The third-order valence-corrected chi connectivity index (χ3v) is 10.5. The Morgan fingerprint density at radius 2 is 1.26 bits per heavy atom. The molecule has 6 aromatic rings. The first-order valence-electron chi connectivity index (χ1n) is 16.4. The second-order valence-corrected chi connectivity index (χ2v) is 14.4. The molecule has 0 unspecified atom stereocenters. The van der Waals surface area contributed by atoms with E-state index in [1.165, 1.54) is 16.2 Å². The molecule has 1 aliphatic heterocycles. The van der Waals surface area contributed by atoms with E-state index < -0.39 is 5.97 Å². The van der Waals surface area contributed by atoms with E-state index in [1.54, 1.807) is 16.0 Å². The summed E-state index contributed by atoms with van der Waals surface area (Å²) in [7, 11) is 3.82. The van der Waals surface area contributed by atoms with Crippen LogP contribution in [0.5, 0.6) is 0 Å². The number of nitrogens with zero attached hydrogens (tertiary/aromatic N) is 5. The van der Waals surface area contributed by atoms with Crippen LogP contribution in [0.2, 0.25) is 0 Å². The number of carboxylic acid groups (broad SMARTS) is 1. The first kappa shape index (κ1) is 35.0. The second kappa shape index (κ2) is 16.7. The van der Waals surface area contributed by atoms with Crippen molar-refractivity contribution in [3.8, 4) is 43.1 Å². The molecule has 12 heteroatoms. The molecule has 1 aliphatic rings. The molecule has 0 aliphatic carbocycles. The lowest BCUT2D eigenvalue weighted by Crippen LogP contribution is -2.41. The zero-order valence-electron chi connectivity index (χ0n) is 28.1. The van der Waals surface area contributed by atoms with Crippen LogP contribution in [0.15, 0.2) is 97.6 Å². The Morgan fingerprint density at radius 3 is 1.76 bits per heavy atom. The first-order chi connectivity index (χ1) is 24.3. The highest BCUT2D eigenvalue weighted by atomic mass is 32.1. The number of amides is 1. The number of nitrogens with one attached hydrogen (secondary N) is 1. The van der Waals surface area contributed by atoms with E-state index in [2.05, 4.69) is 62.9 Å². The number of carboxylic acids is 1. The molecule has 2 N–H and O–H groups in total. The molecule has 10 nitrogen and oxygen atoms in total. The topological polar surface area (TPSA) is 115 Å². The Morgan fingerprint density at radius 1 is 0.740 bits per heavy atom. The Hall–Kier alpha value is -4.88. The number of hydrogen-bond donors (Lipinski definition) is 2. The minimum Gasteiger partial charge on any atom is -0.481 e. The highest BCUT2D eigenvalue weighted by molar-refractivity contribution is 7.15. The zero-order valence-corrected chi connectivity index (χ0v) is 29.8. The van der Waals surface area contributed by atoms with E-state index in [0.717, 1.165) is 80.9 Å². The third-order valence-electron chi connectivity index (χ3n) is 8.21. The summed E-state index contributed by atoms with van der Waals surface area (Å²) in [5.74, 6) is -0.719. The molecule has 0 saturated carbocycles.